The molecular weight excluding hydrogens is 453 g/mol. The number of benzene rings is 2. The van der Waals surface area contributed by atoms with E-state index in [-0.39, 0.29) is 34.9 Å². The second-order valence-corrected chi connectivity index (χ2v) is 10.7. The van der Waals surface area contributed by atoms with Gasteiger partial charge in [0.2, 0.25) is 0 Å². The summed E-state index contributed by atoms with van der Waals surface area (Å²) in [7, 11) is 0. The number of para-hydroxylation sites is 1. The van der Waals surface area contributed by atoms with Crippen molar-refractivity contribution >= 4 is 22.6 Å². The lowest BCUT2D eigenvalue weighted by atomic mass is 9.94. The van der Waals surface area contributed by atoms with E-state index in [4.69, 9.17) is 14.5 Å². The van der Waals surface area contributed by atoms with Crippen LogP contribution in [0.25, 0.3) is 0 Å². The molecule has 0 unspecified atom stereocenters. The summed E-state index contributed by atoms with van der Waals surface area (Å²) in [5.41, 5.74) is 1.90. The van der Waals surface area contributed by atoms with Gasteiger partial charge in [-0.25, -0.2) is 9.38 Å². The Morgan fingerprint density at radius 2 is 2.09 bits per heavy atom. The molecule has 1 fully saturated rings. The molecule has 34 heavy (non-hydrogen) atoms. The van der Waals surface area contributed by atoms with Gasteiger partial charge in [-0.05, 0) is 57.4 Å². The highest BCUT2D eigenvalue weighted by atomic mass is 32.2. The molecule has 1 saturated heterocycles. The molecule has 8 heteroatoms. The molecule has 178 valence electrons. The minimum absolute atomic E-state index is 0.111. The number of hydrogen-bond donors (Lipinski definition) is 1. The average molecular weight is 482 g/mol. The van der Waals surface area contributed by atoms with E-state index in [1.165, 1.54) is 12.1 Å². The molecule has 1 aromatic heterocycles. The van der Waals surface area contributed by atoms with Crippen LogP contribution in [0.5, 0.6) is 5.75 Å². The first kappa shape index (κ1) is 22.9. The van der Waals surface area contributed by atoms with Crippen molar-refractivity contribution in [3.05, 3.63) is 81.4 Å². The number of H-pyrrole nitrogens is 1. The molecule has 0 spiro atoms. The fourth-order valence-corrected chi connectivity index (χ4v) is 5.86. The Morgan fingerprint density at radius 3 is 2.88 bits per heavy atom. The standard InChI is InChI=1S/C26H28FN3O3S/c1-16-28-24-22(25(31)29-30(24)19-11-12-33-26(2,3)14-19)23(34-16)20-9-4-5-10-21(20)32-15-17-7-6-8-18(27)13-17/h4-10,13,19,23H,11-12,14-15H2,1-3H3,(H,29,31)/t19-,23+/m0/s1. The molecule has 2 aromatic carbocycles. The number of nitrogens with zero attached hydrogens (tertiary/aromatic N) is 2. The molecule has 6 nitrogen and oxygen atoms in total. The number of nitrogens with one attached hydrogen (secondary N) is 1. The first-order chi connectivity index (χ1) is 16.3. The summed E-state index contributed by atoms with van der Waals surface area (Å²) in [5, 5.41) is 3.70. The maximum absolute atomic E-state index is 13.6. The van der Waals surface area contributed by atoms with Gasteiger partial charge in [-0.3, -0.25) is 14.6 Å². The number of ether oxygens (including phenoxy) is 2. The van der Waals surface area contributed by atoms with Crippen molar-refractivity contribution in [3.8, 4) is 5.75 Å². The summed E-state index contributed by atoms with van der Waals surface area (Å²) in [6.07, 6.45) is 1.62. The number of aromatic amines is 1. The van der Waals surface area contributed by atoms with Gasteiger partial charge >= 0.3 is 0 Å². The Labute approximate surface area is 202 Å². The minimum atomic E-state index is -0.294. The van der Waals surface area contributed by atoms with E-state index in [0.29, 0.717) is 23.7 Å². The van der Waals surface area contributed by atoms with Crippen molar-refractivity contribution in [2.75, 3.05) is 6.61 Å². The second-order valence-electron chi connectivity index (χ2n) is 9.39. The summed E-state index contributed by atoms with van der Waals surface area (Å²) in [4.78, 5) is 18.0. The second kappa shape index (κ2) is 9.07. The van der Waals surface area contributed by atoms with Crippen molar-refractivity contribution < 1.29 is 13.9 Å². The van der Waals surface area contributed by atoms with Crippen LogP contribution in [0, 0.1) is 5.82 Å². The van der Waals surface area contributed by atoms with Gasteiger partial charge in [0.25, 0.3) is 5.56 Å². The third kappa shape index (κ3) is 4.57. The highest BCUT2D eigenvalue weighted by molar-refractivity contribution is 8.14. The molecular formula is C26H28FN3O3S. The van der Waals surface area contributed by atoms with Crippen molar-refractivity contribution in [2.24, 2.45) is 4.99 Å². The molecule has 0 saturated carbocycles. The van der Waals surface area contributed by atoms with Gasteiger partial charge in [0, 0.05) is 12.2 Å². The largest absolute Gasteiger partial charge is 0.489 e. The van der Waals surface area contributed by atoms with Crippen molar-refractivity contribution in [1.29, 1.82) is 0 Å². The highest BCUT2D eigenvalue weighted by Crippen LogP contribution is 2.47. The van der Waals surface area contributed by atoms with E-state index < -0.39 is 0 Å². The lowest BCUT2D eigenvalue weighted by Gasteiger charge is -2.36. The van der Waals surface area contributed by atoms with Gasteiger partial charge in [-0.2, -0.15) is 0 Å². The number of hydrogen-bond acceptors (Lipinski definition) is 5. The molecule has 3 heterocycles. The average Bonchev–Trinajstić information content (AvgIpc) is 3.13. The van der Waals surface area contributed by atoms with Gasteiger partial charge in [0.05, 0.1) is 27.5 Å². The quantitative estimate of drug-likeness (QED) is 0.492. The molecule has 3 aromatic rings. The molecule has 0 bridgehead atoms. The van der Waals surface area contributed by atoms with Crippen LogP contribution in [0.15, 0.2) is 58.3 Å². The Kier molecular flexibility index (Phi) is 6.12. The molecule has 0 radical (unpaired) electrons. The Balaban J connectivity index is 1.50. The first-order valence-corrected chi connectivity index (χ1v) is 12.4. The van der Waals surface area contributed by atoms with Crippen LogP contribution >= 0.6 is 11.8 Å². The molecule has 2 atom stereocenters. The third-order valence-electron chi connectivity index (χ3n) is 6.27. The molecule has 0 aliphatic carbocycles. The van der Waals surface area contributed by atoms with E-state index in [1.807, 2.05) is 41.9 Å². The van der Waals surface area contributed by atoms with Gasteiger partial charge < -0.3 is 9.47 Å². The van der Waals surface area contributed by atoms with Crippen LogP contribution in [-0.4, -0.2) is 27.0 Å². The Hall–Kier alpha value is -2.84. The first-order valence-electron chi connectivity index (χ1n) is 11.5. The number of aliphatic imine (C=N–C) groups is 1. The van der Waals surface area contributed by atoms with E-state index in [0.717, 1.165) is 29.0 Å². The summed E-state index contributed by atoms with van der Waals surface area (Å²) in [5.74, 6) is 1.07. The summed E-state index contributed by atoms with van der Waals surface area (Å²) in [6, 6.07) is 14.2. The van der Waals surface area contributed by atoms with E-state index in [2.05, 4.69) is 18.9 Å². The van der Waals surface area contributed by atoms with Gasteiger partial charge in [-0.15, -0.1) is 0 Å². The fraction of sp³-hybridized carbons (Fsp3) is 0.385. The fourth-order valence-electron chi connectivity index (χ4n) is 4.73. The number of rotatable bonds is 5. The lowest BCUT2D eigenvalue weighted by molar-refractivity contribution is -0.0705. The van der Waals surface area contributed by atoms with Crippen LogP contribution in [0.3, 0.4) is 0 Å². The van der Waals surface area contributed by atoms with Crippen molar-refractivity contribution in [1.82, 2.24) is 9.78 Å². The zero-order valence-electron chi connectivity index (χ0n) is 19.5. The predicted molar refractivity (Wildman–Crippen MR) is 133 cm³/mol. The van der Waals surface area contributed by atoms with Crippen LogP contribution < -0.4 is 10.3 Å². The zero-order chi connectivity index (χ0) is 23.9. The SMILES string of the molecule is CC1=Nc2c(c(=O)[nH]n2[C@H]2CCOC(C)(C)C2)[C@@H](c2ccccc2OCc2cccc(F)c2)S1. The third-order valence-corrected chi connectivity index (χ3v) is 7.43. The molecule has 2 aliphatic rings. The summed E-state index contributed by atoms with van der Waals surface area (Å²) >= 11 is 1.55. The maximum atomic E-state index is 13.6. The monoisotopic (exact) mass is 481 g/mol. The van der Waals surface area contributed by atoms with Gasteiger partial charge in [-0.1, -0.05) is 42.1 Å². The van der Waals surface area contributed by atoms with E-state index in [1.54, 1.807) is 17.8 Å². The van der Waals surface area contributed by atoms with Crippen LogP contribution in [0.1, 0.15) is 61.6 Å². The van der Waals surface area contributed by atoms with Crippen LogP contribution in [-0.2, 0) is 11.3 Å². The normalized spacial score (nSPS) is 21.6. The molecule has 0 amide bonds. The van der Waals surface area contributed by atoms with E-state index >= 15 is 0 Å². The van der Waals surface area contributed by atoms with Crippen LogP contribution in [0.2, 0.25) is 0 Å². The Bertz CT molecular complexity index is 1300. The molecule has 1 N–H and O–H groups in total. The van der Waals surface area contributed by atoms with Crippen molar-refractivity contribution in [2.45, 2.75) is 57.1 Å². The predicted octanol–water partition coefficient (Wildman–Crippen LogP) is 5.91. The van der Waals surface area contributed by atoms with E-state index in [9.17, 15) is 9.18 Å². The Morgan fingerprint density at radius 1 is 1.26 bits per heavy atom. The maximum Gasteiger partial charge on any atom is 0.271 e. The number of thioether (sulfide) groups is 1. The summed E-state index contributed by atoms with van der Waals surface area (Å²) in [6.45, 7) is 7.00. The topological polar surface area (TPSA) is 68.6 Å². The van der Waals surface area contributed by atoms with Gasteiger partial charge in [0.1, 0.15) is 18.2 Å². The van der Waals surface area contributed by atoms with Gasteiger partial charge in [0.15, 0.2) is 5.82 Å². The number of aromatic nitrogens is 2. The minimum Gasteiger partial charge on any atom is -0.489 e. The number of halogens is 1. The smallest absolute Gasteiger partial charge is 0.271 e. The summed E-state index contributed by atoms with van der Waals surface area (Å²) < 4.78 is 27.5. The van der Waals surface area contributed by atoms with Crippen LogP contribution in [0.4, 0.5) is 10.2 Å². The highest BCUT2D eigenvalue weighted by Gasteiger charge is 2.36. The van der Waals surface area contributed by atoms with Crippen molar-refractivity contribution in [3.63, 3.8) is 0 Å². The number of fused-ring (bicyclic) bond motifs is 1. The zero-order valence-corrected chi connectivity index (χ0v) is 20.3. The lowest BCUT2D eigenvalue weighted by Crippen LogP contribution is -2.35. The molecule has 2 aliphatic heterocycles. The molecule has 5 rings (SSSR count).